The molecule has 1 atom stereocenters. The third-order valence-electron chi connectivity index (χ3n) is 2.12. The average Bonchev–Trinajstić information content (AvgIpc) is 2.87. The molecule has 0 aliphatic carbocycles. The summed E-state index contributed by atoms with van der Waals surface area (Å²) in [6, 6.07) is 3.11. The molecule has 2 rings (SSSR count). The second kappa shape index (κ2) is 4.13. The number of hydrogen-bond acceptors (Lipinski definition) is 5. The van der Waals surface area contributed by atoms with E-state index in [1.54, 1.807) is 19.1 Å². The van der Waals surface area contributed by atoms with Gasteiger partial charge in [-0.25, -0.2) is 4.68 Å². The van der Waals surface area contributed by atoms with E-state index in [1.165, 1.54) is 10.9 Å². The van der Waals surface area contributed by atoms with E-state index in [2.05, 4.69) is 15.5 Å². The quantitative estimate of drug-likeness (QED) is 0.828. The van der Waals surface area contributed by atoms with E-state index in [0.717, 1.165) is 0 Å². The SMILES string of the molecule is CC(CC(=O)O)n1nnnc1-c1ccco1. The molecule has 0 bridgehead atoms. The first kappa shape index (κ1) is 10.3. The van der Waals surface area contributed by atoms with Crippen LogP contribution in [0.4, 0.5) is 0 Å². The summed E-state index contributed by atoms with van der Waals surface area (Å²) >= 11 is 0. The first-order valence-corrected chi connectivity index (χ1v) is 4.72. The van der Waals surface area contributed by atoms with E-state index in [-0.39, 0.29) is 12.5 Å². The van der Waals surface area contributed by atoms with Crippen LogP contribution in [0.2, 0.25) is 0 Å². The van der Waals surface area contributed by atoms with Gasteiger partial charge in [-0.15, -0.1) is 5.10 Å². The van der Waals surface area contributed by atoms with Crippen LogP contribution in [0.1, 0.15) is 19.4 Å². The highest BCUT2D eigenvalue weighted by Crippen LogP contribution is 2.20. The molecule has 0 aliphatic heterocycles. The van der Waals surface area contributed by atoms with Crippen molar-refractivity contribution in [2.24, 2.45) is 0 Å². The number of hydrogen-bond donors (Lipinski definition) is 1. The Kier molecular flexibility index (Phi) is 2.67. The Bertz CT molecular complexity index is 477. The van der Waals surface area contributed by atoms with E-state index in [1.807, 2.05) is 0 Å². The van der Waals surface area contributed by atoms with Crippen molar-refractivity contribution in [2.75, 3.05) is 0 Å². The fraction of sp³-hybridized carbons (Fsp3) is 0.333. The van der Waals surface area contributed by atoms with Gasteiger partial charge in [0.1, 0.15) is 0 Å². The van der Waals surface area contributed by atoms with E-state index < -0.39 is 5.97 Å². The van der Waals surface area contributed by atoms with Crippen molar-refractivity contribution in [1.82, 2.24) is 20.2 Å². The van der Waals surface area contributed by atoms with Crippen LogP contribution < -0.4 is 0 Å². The molecule has 2 aromatic rings. The van der Waals surface area contributed by atoms with Gasteiger partial charge in [-0.3, -0.25) is 4.79 Å². The molecule has 16 heavy (non-hydrogen) atoms. The van der Waals surface area contributed by atoms with Crippen molar-refractivity contribution in [3.63, 3.8) is 0 Å². The number of carbonyl (C=O) groups is 1. The van der Waals surface area contributed by atoms with Gasteiger partial charge >= 0.3 is 5.97 Å². The summed E-state index contributed by atoms with van der Waals surface area (Å²) < 4.78 is 6.60. The Labute approximate surface area is 90.7 Å². The molecule has 7 nitrogen and oxygen atoms in total. The maximum absolute atomic E-state index is 10.6. The number of rotatable bonds is 4. The zero-order valence-corrected chi connectivity index (χ0v) is 8.57. The van der Waals surface area contributed by atoms with Gasteiger partial charge in [0.2, 0.25) is 5.82 Å². The van der Waals surface area contributed by atoms with Crippen molar-refractivity contribution in [3.8, 4) is 11.6 Å². The number of carboxylic acid groups (broad SMARTS) is 1. The Morgan fingerprint density at radius 2 is 2.50 bits per heavy atom. The number of aromatic nitrogens is 4. The van der Waals surface area contributed by atoms with Gasteiger partial charge in [0, 0.05) is 0 Å². The molecule has 1 unspecified atom stereocenters. The van der Waals surface area contributed by atoms with Crippen LogP contribution in [-0.2, 0) is 4.79 Å². The third kappa shape index (κ3) is 1.92. The van der Waals surface area contributed by atoms with Crippen molar-refractivity contribution in [3.05, 3.63) is 18.4 Å². The smallest absolute Gasteiger partial charge is 0.305 e. The molecule has 0 radical (unpaired) electrons. The second-order valence-corrected chi connectivity index (χ2v) is 3.37. The normalized spacial score (nSPS) is 12.6. The first-order valence-electron chi connectivity index (χ1n) is 4.72. The number of nitrogens with zero attached hydrogens (tertiary/aromatic N) is 4. The predicted octanol–water partition coefficient (Wildman–Crippen LogP) is 0.969. The lowest BCUT2D eigenvalue weighted by molar-refractivity contribution is -0.137. The Morgan fingerprint density at radius 3 is 3.12 bits per heavy atom. The van der Waals surface area contributed by atoms with Gasteiger partial charge in [0.05, 0.1) is 18.7 Å². The minimum Gasteiger partial charge on any atom is -0.481 e. The van der Waals surface area contributed by atoms with Crippen LogP contribution in [0.5, 0.6) is 0 Å². The standard InChI is InChI=1S/C9H10N4O3/c1-6(5-8(14)15)13-9(10-11-12-13)7-3-2-4-16-7/h2-4,6H,5H2,1H3,(H,14,15). The summed E-state index contributed by atoms with van der Waals surface area (Å²) in [5.74, 6) is 0.0504. The summed E-state index contributed by atoms with van der Waals surface area (Å²) in [5.41, 5.74) is 0. The first-order chi connectivity index (χ1) is 7.68. The highest BCUT2D eigenvalue weighted by molar-refractivity contribution is 5.67. The molecule has 2 heterocycles. The van der Waals surface area contributed by atoms with Gasteiger partial charge < -0.3 is 9.52 Å². The van der Waals surface area contributed by atoms with Gasteiger partial charge in [0.25, 0.3) is 0 Å². The summed E-state index contributed by atoms with van der Waals surface area (Å²) in [6.07, 6.45) is 1.47. The topological polar surface area (TPSA) is 94.0 Å². The van der Waals surface area contributed by atoms with Crippen LogP contribution in [0, 0.1) is 0 Å². The number of carboxylic acids is 1. The van der Waals surface area contributed by atoms with Crippen molar-refractivity contribution >= 4 is 5.97 Å². The lowest BCUT2D eigenvalue weighted by atomic mass is 10.2. The van der Waals surface area contributed by atoms with Crippen LogP contribution in [0.25, 0.3) is 11.6 Å². The number of tetrazole rings is 1. The van der Waals surface area contributed by atoms with Gasteiger partial charge in [-0.1, -0.05) is 0 Å². The fourth-order valence-electron chi connectivity index (χ4n) is 1.40. The molecule has 84 valence electrons. The largest absolute Gasteiger partial charge is 0.481 e. The molecule has 0 amide bonds. The average molecular weight is 222 g/mol. The van der Waals surface area contributed by atoms with Crippen molar-refractivity contribution < 1.29 is 14.3 Å². The fourth-order valence-corrected chi connectivity index (χ4v) is 1.40. The highest BCUT2D eigenvalue weighted by Gasteiger charge is 2.18. The second-order valence-electron chi connectivity index (χ2n) is 3.37. The molecule has 0 saturated carbocycles. The van der Waals surface area contributed by atoms with Crippen molar-refractivity contribution in [2.45, 2.75) is 19.4 Å². The predicted molar refractivity (Wildman–Crippen MR) is 52.5 cm³/mol. The zero-order chi connectivity index (χ0) is 11.5. The van der Waals surface area contributed by atoms with E-state index in [0.29, 0.717) is 11.6 Å². The van der Waals surface area contributed by atoms with Crippen LogP contribution >= 0.6 is 0 Å². The summed E-state index contributed by atoms with van der Waals surface area (Å²) in [4.78, 5) is 10.6. The molecular weight excluding hydrogens is 212 g/mol. The van der Waals surface area contributed by atoms with Crippen LogP contribution in [0.15, 0.2) is 22.8 Å². The van der Waals surface area contributed by atoms with E-state index >= 15 is 0 Å². The van der Waals surface area contributed by atoms with E-state index in [9.17, 15) is 4.79 Å². The lowest BCUT2D eigenvalue weighted by Gasteiger charge is -2.09. The number of aliphatic carboxylic acids is 1. The highest BCUT2D eigenvalue weighted by atomic mass is 16.4. The molecule has 2 aromatic heterocycles. The molecule has 1 N–H and O–H groups in total. The molecule has 0 fully saturated rings. The summed E-state index contributed by atoms with van der Waals surface area (Å²) in [6.45, 7) is 1.73. The zero-order valence-electron chi connectivity index (χ0n) is 8.57. The maximum Gasteiger partial charge on any atom is 0.305 e. The van der Waals surface area contributed by atoms with Gasteiger partial charge in [-0.05, 0) is 29.5 Å². The minimum atomic E-state index is -0.895. The molecule has 0 saturated heterocycles. The third-order valence-corrected chi connectivity index (χ3v) is 2.12. The lowest BCUT2D eigenvalue weighted by Crippen LogP contribution is -2.13. The monoisotopic (exact) mass is 222 g/mol. The van der Waals surface area contributed by atoms with Crippen LogP contribution in [-0.4, -0.2) is 31.3 Å². The molecular formula is C9H10N4O3. The summed E-state index contributed by atoms with van der Waals surface area (Å²) in [5, 5.41) is 19.8. The molecule has 0 aliphatic rings. The number of furan rings is 1. The maximum atomic E-state index is 10.6. The summed E-state index contributed by atoms with van der Waals surface area (Å²) in [7, 11) is 0. The van der Waals surface area contributed by atoms with Crippen molar-refractivity contribution in [1.29, 1.82) is 0 Å². The molecule has 0 aromatic carbocycles. The molecule has 7 heteroatoms. The Balaban J connectivity index is 2.29. The van der Waals surface area contributed by atoms with E-state index in [4.69, 9.17) is 9.52 Å². The Hall–Kier alpha value is -2.18. The van der Waals surface area contributed by atoms with Gasteiger partial charge in [0.15, 0.2) is 5.76 Å². The van der Waals surface area contributed by atoms with Crippen LogP contribution in [0.3, 0.4) is 0 Å². The Morgan fingerprint density at radius 1 is 1.69 bits per heavy atom. The molecule has 0 spiro atoms. The minimum absolute atomic E-state index is 0.0429. The van der Waals surface area contributed by atoms with Gasteiger partial charge in [-0.2, -0.15) is 0 Å².